The van der Waals surface area contributed by atoms with Crippen LogP contribution >= 0.6 is 0 Å². The Labute approximate surface area is 178 Å². The van der Waals surface area contributed by atoms with Crippen molar-refractivity contribution >= 4 is 11.4 Å². The van der Waals surface area contributed by atoms with E-state index in [1.54, 1.807) is 17.9 Å². The average molecular weight is 450 g/mol. The normalized spacial score (nSPS) is 13.3. The molecule has 1 aromatic carbocycles. The summed E-state index contributed by atoms with van der Waals surface area (Å²) in [6.45, 7) is 8.23. The molecule has 0 aliphatic rings. The van der Waals surface area contributed by atoms with E-state index in [0.717, 1.165) is 12.1 Å². The third-order valence-corrected chi connectivity index (χ3v) is 4.45. The lowest BCUT2D eigenvalue weighted by atomic mass is 10.1. The van der Waals surface area contributed by atoms with Crippen LogP contribution in [-0.2, 0) is 6.18 Å². The van der Waals surface area contributed by atoms with E-state index < -0.39 is 23.5 Å². The monoisotopic (exact) mass is 450 g/mol. The van der Waals surface area contributed by atoms with Gasteiger partial charge in [-0.1, -0.05) is 31.7 Å². The molecule has 0 saturated heterocycles. The smallest absolute Gasteiger partial charge is 0.397 e. The predicted octanol–water partition coefficient (Wildman–Crippen LogP) is 5.19. The number of rotatable bonds is 11. The first-order chi connectivity index (χ1) is 14.4. The van der Waals surface area contributed by atoms with Crippen LogP contribution in [0, 0.1) is 0 Å². The molecular formula is C21H28F6N4. The van der Waals surface area contributed by atoms with E-state index in [4.69, 9.17) is 5.73 Å². The topological polar surface area (TPSA) is 53.3 Å². The first-order valence-corrected chi connectivity index (χ1v) is 9.62. The fraction of sp³-hybridized carbons (Fsp3) is 0.429. The number of benzene rings is 1. The molecule has 0 spiro atoms. The lowest BCUT2D eigenvalue weighted by Gasteiger charge is -2.24. The summed E-state index contributed by atoms with van der Waals surface area (Å²) in [5.74, 6) is 0. The third-order valence-electron chi connectivity index (χ3n) is 4.45. The van der Waals surface area contributed by atoms with Crippen molar-refractivity contribution in [2.45, 2.75) is 26.2 Å². The Morgan fingerprint density at radius 2 is 1.87 bits per heavy atom. The van der Waals surface area contributed by atoms with Crippen molar-refractivity contribution in [2.24, 2.45) is 0 Å². The van der Waals surface area contributed by atoms with Crippen LogP contribution in [0.3, 0.4) is 0 Å². The van der Waals surface area contributed by atoms with Gasteiger partial charge < -0.3 is 11.1 Å². The molecule has 0 aromatic heterocycles. The molecule has 1 aromatic rings. The second-order valence-corrected chi connectivity index (χ2v) is 6.72. The van der Waals surface area contributed by atoms with Crippen molar-refractivity contribution in [3.8, 4) is 0 Å². The fourth-order valence-electron chi connectivity index (χ4n) is 2.60. The van der Waals surface area contributed by atoms with Gasteiger partial charge in [0.05, 0.1) is 29.2 Å². The largest absolute Gasteiger partial charge is 0.416 e. The van der Waals surface area contributed by atoms with Gasteiger partial charge in [-0.25, -0.2) is 0 Å². The van der Waals surface area contributed by atoms with Crippen LogP contribution in [0.2, 0.25) is 0 Å². The molecule has 4 N–H and O–H groups in total. The van der Waals surface area contributed by atoms with E-state index in [1.807, 2.05) is 6.92 Å². The van der Waals surface area contributed by atoms with Crippen molar-refractivity contribution in [3.05, 3.63) is 59.7 Å². The highest BCUT2D eigenvalue weighted by atomic mass is 19.4. The number of likely N-dealkylation sites (N-methyl/N-ethyl adjacent to an activating group) is 1. The summed E-state index contributed by atoms with van der Waals surface area (Å²) in [5.41, 5.74) is 4.39. The van der Waals surface area contributed by atoms with Crippen molar-refractivity contribution in [2.75, 3.05) is 43.9 Å². The number of nitrogens with two attached hydrogens (primary N) is 1. The van der Waals surface area contributed by atoms with Gasteiger partial charge in [0.15, 0.2) is 0 Å². The SMILES string of the molecule is C=C(/C(=C\C=C/C)CN(CC)CCNCNc1cc(C(F)(F)F)ccc1N)C(F)(F)F. The first-order valence-electron chi connectivity index (χ1n) is 9.62. The highest BCUT2D eigenvalue weighted by molar-refractivity contribution is 5.67. The molecule has 0 fully saturated rings. The molecule has 0 bridgehead atoms. The van der Waals surface area contributed by atoms with Gasteiger partial charge in [-0.2, -0.15) is 26.3 Å². The minimum atomic E-state index is -4.51. The van der Waals surface area contributed by atoms with Gasteiger partial charge in [-0.05, 0) is 37.2 Å². The predicted molar refractivity (Wildman–Crippen MR) is 113 cm³/mol. The second kappa shape index (κ2) is 11.8. The molecule has 4 nitrogen and oxygen atoms in total. The molecule has 0 saturated carbocycles. The number of anilines is 2. The first kappa shape index (κ1) is 26.6. The Bertz CT molecular complexity index is 781. The standard InChI is InChI=1S/C21H28F6N4/c1-4-6-7-16(15(3)20(22,23)24)13-31(5-2)11-10-29-14-30-19-12-17(21(25,26)27)8-9-18(19)28/h4,6-9,12,29-30H,3,5,10-11,13-14,28H2,1-2H3/b6-4-,16-7-. The highest BCUT2D eigenvalue weighted by Crippen LogP contribution is 2.33. The fourth-order valence-corrected chi connectivity index (χ4v) is 2.60. The molecule has 0 amide bonds. The number of halogens is 6. The van der Waals surface area contributed by atoms with Crippen molar-refractivity contribution in [3.63, 3.8) is 0 Å². The van der Waals surface area contributed by atoms with Crippen LogP contribution in [0.1, 0.15) is 19.4 Å². The number of nitrogens with zero attached hydrogens (tertiary/aromatic N) is 1. The molecule has 0 aliphatic heterocycles. The van der Waals surface area contributed by atoms with Crippen LogP contribution < -0.4 is 16.4 Å². The van der Waals surface area contributed by atoms with Crippen LogP contribution in [0.5, 0.6) is 0 Å². The number of hydrogen-bond acceptors (Lipinski definition) is 4. The van der Waals surface area contributed by atoms with Crippen molar-refractivity contribution in [1.82, 2.24) is 10.2 Å². The Morgan fingerprint density at radius 1 is 1.19 bits per heavy atom. The van der Waals surface area contributed by atoms with E-state index >= 15 is 0 Å². The molecule has 1 rings (SSSR count). The summed E-state index contributed by atoms with van der Waals surface area (Å²) in [6.07, 6.45) is -4.43. The molecule has 31 heavy (non-hydrogen) atoms. The molecule has 0 atom stereocenters. The van der Waals surface area contributed by atoms with Gasteiger partial charge in [0.25, 0.3) is 0 Å². The van der Waals surface area contributed by atoms with Gasteiger partial charge in [0.2, 0.25) is 0 Å². The molecule has 0 radical (unpaired) electrons. The van der Waals surface area contributed by atoms with Gasteiger partial charge in [-0.3, -0.25) is 10.2 Å². The molecule has 0 aliphatic carbocycles. The van der Waals surface area contributed by atoms with Crippen molar-refractivity contribution < 1.29 is 26.3 Å². The lowest BCUT2D eigenvalue weighted by molar-refractivity contribution is -0.137. The highest BCUT2D eigenvalue weighted by Gasteiger charge is 2.34. The number of allylic oxidation sites excluding steroid dienone is 3. The summed E-state index contributed by atoms with van der Waals surface area (Å²) in [6, 6.07) is 3.01. The molecule has 10 heteroatoms. The number of nitrogens with one attached hydrogen (secondary N) is 2. The van der Waals surface area contributed by atoms with Gasteiger partial charge >= 0.3 is 12.4 Å². The summed E-state index contributed by atoms with van der Waals surface area (Å²) in [5, 5.41) is 5.78. The summed E-state index contributed by atoms with van der Waals surface area (Å²) in [4.78, 5) is 1.80. The molecular weight excluding hydrogens is 422 g/mol. The van der Waals surface area contributed by atoms with Crippen LogP contribution in [0.15, 0.2) is 54.2 Å². The summed E-state index contributed by atoms with van der Waals surface area (Å²) >= 11 is 0. The second-order valence-electron chi connectivity index (χ2n) is 6.72. The minimum Gasteiger partial charge on any atom is -0.397 e. The summed E-state index contributed by atoms with van der Waals surface area (Å²) < 4.78 is 77.6. The zero-order valence-corrected chi connectivity index (χ0v) is 17.5. The van der Waals surface area contributed by atoms with Gasteiger partial charge in [-0.15, -0.1) is 0 Å². The van der Waals surface area contributed by atoms with E-state index in [0.29, 0.717) is 19.6 Å². The van der Waals surface area contributed by atoms with Crippen molar-refractivity contribution in [1.29, 1.82) is 0 Å². The van der Waals surface area contributed by atoms with Crippen LogP contribution in [0.4, 0.5) is 37.7 Å². The Hall–Kier alpha value is -2.46. The Morgan fingerprint density at radius 3 is 2.42 bits per heavy atom. The van der Waals surface area contributed by atoms with Crippen LogP contribution in [0.25, 0.3) is 0 Å². The molecule has 0 heterocycles. The maximum absolute atomic E-state index is 13.0. The van der Waals surface area contributed by atoms with Gasteiger partial charge in [0, 0.05) is 19.6 Å². The Balaban J connectivity index is 2.61. The number of alkyl halides is 6. The number of nitrogen functional groups attached to an aromatic ring is 1. The lowest BCUT2D eigenvalue weighted by Crippen LogP contribution is -2.36. The van der Waals surface area contributed by atoms with E-state index in [-0.39, 0.29) is 30.2 Å². The van der Waals surface area contributed by atoms with Gasteiger partial charge in [0.1, 0.15) is 0 Å². The number of hydrogen-bond donors (Lipinski definition) is 3. The minimum absolute atomic E-state index is 0.0644. The van der Waals surface area contributed by atoms with E-state index in [9.17, 15) is 26.3 Å². The maximum Gasteiger partial charge on any atom is 0.416 e. The molecule has 0 unspecified atom stereocenters. The van der Waals surface area contributed by atoms with Crippen LogP contribution in [-0.4, -0.2) is 43.9 Å². The zero-order valence-electron chi connectivity index (χ0n) is 17.5. The molecule has 174 valence electrons. The summed E-state index contributed by atoms with van der Waals surface area (Å²) in [7, 11) is 0. The third kappa shape index (κ3) is 9.06. The average Bonchev–Trinajstić information content (AvgIpc) is 2.68. The maximum atomic E-state index is 13.0. The Kier molecular flexibility index (Phi) is 10.1. The van der Waals surface area contributed by atoms with E-state index in [1.165, 1.54) is 18.2 Å². The zero-order chi connectivity index (χ0) is 23.7. The quantitative estimate of drug-likeness (QED) is 0.143. The van der Waals surface area contributed by atoms with E-state index in [2.05, 4.69) is 17.2 Å².